The molecule has 1 saturated carbocycles. The van der Waals surface area contributed by atoms with Gasteiger partial charge in [-0.3, -0.25) is 4.90 Å². The fourth-order valence-electron chi connectivity index (χ4n) is 3.57. The van der Waals surface area contributed by atoms with E-state index in [-0.39, 0.29) is 0 Å². The third-order valence-corrected chi connectivity index (χ3v) is 4.56. The minimum atomic E-state index is 0.527. The lowest BCUT2D eigenvalue weighted by Gasteiger charge is -2.43. The van der Waals surface area contributed by atoms with Crippen LogP contribution in [0.2, 0.25) is 0 Å². The fourth-order valence-corrected chi connectivity index (χ4v) is 3.57. The van der Waals surface area contributed by atoms with Crippen molar-refractivity contribution in [1.82, 2.24) is 10.2 Å². The van der Waals surface area contributed by atoms with Gasteiger partial charge >= 0.3 is 0 Å². The summed E-state index contributed by atoms with van der Waals surface area (Å²) in [6.07, 6.45) is 9.88. The third kappa shape index (κ3) is 3.43. The molecule has 1 saturated heterocycles. The predicted octanol–water partition coefficient (Wildman–Crippen LogP) is 2.02. The molecule has 0 aromatic heterocycles. The van der Waals surface area contributed by atoms with Crippen molar-refractivity contribution in [3.63, 3.8) is 0 Å². The number of nitrogens with zero attached hydrogens (tertiary/aromatic N) is 1. The van der Waals surface area contributed by atoms with Gasteiger partial charge in [0.2, 0.25) is 0 Å². The van der Waals surface area contributed by atoms with Crippen LogP contribution in [0.1, 0.15) is 44.9 Å². The molecule has 1 heterocycles. The van der Waals surface area contributed by atoms with Crippen LogP contribution in [0.3, 0.4) is 0 Å². The summed E-state index contributed by atoms with van der Waals surface area (Å²) in [6, 6.07) is 1.60. The molecule has 1 N–H and O–H groups in total. The van der Waals surface area contributed by atoms with E-state index >= 15 is 0 Å². The summed E-state index contributed by atoms with van der Waals surface area (Å²) < 4.78 is 5.47. The van der Waals surface area contributed by atoms with Crippen LogP contribution in [-0.2, 0) is 4.74 Å². The van der Waals surface area contributed by atoms with Gasteiger partial charge in [0.25, 0.3) is 0 Å². The number of nitrogens with one attached hydrogen (secondary N) is 1. The Morgan fingerprint density at radius 2 is 1.88 bits per heavy atom. The van der Waals surface area contributed by atoms with E-state index < -0.39 is 0 Å². The van der Waals surface area contributed by atoms with E-state index in [4.69, 9.17) is 4.74 Å². The van der Waals surface area contributed by atoms with Gasteiger partial charge in [-0.05, 0) is 52.1 Å². The second-order valence-corrected chi connectivity index (χ2v) is 5.61. The molecule has 2 fully saturated rings. The van der Waals surface area contributed by atoms with E-state index in [0.29, 0.717) is 6.10 Å². The van der Waals surface area contributed by atoms with Crippen LogP contribution in [0.15, 0.2) is 0 Å². The highest BCUT2D eigenvalue weighted by molar-refractivity contribution is 4.87. The van der Waals surface area contributed by atoms with E-state index in [1.165, 1.54) is 51.5 Å². The minimum Gasteiger partial charge on any atom is -0.381 e. The molecule has 0 radical (unpaired) electrons. The Morgan fingerprint density at radius 3 is 2.53 bits per heavy atom. The van der Waals surface area contributed by atoms with Gasteiger partial charge < -0.3 is 10.1 Å². The zero-order chi connectivity index (χ0) is 12.1. The third-order valence-electron chi connectivity index (χ3n) is 4.56. The first kappa shape index (κ1) is 13.3. The molecule has 3 heteroatoms. The van der Waals surface area contributed by atoms with Gasteiger partial charge in [-0.25, -0.2) is 0 Å². The standard InChI is InChI=1S/C14H28N2O/c1-15-11-13-5-3-4-10-16(13)12-6-8-14(17-2)9-7-12/h12-15H,3-11H2,1-2H3. The van der Waals surface area contributed by atoms with Crippen LogP contribution in [0, 0.1) is 0 Å². The maximum absolute atomic E-state index is 5.47. The van der Waals surface area contributed by atoms with Crippen molar-refractivity contribution in [1.29, 1.82) is 0 Å². The number of piperidine rings is 1. The van der Waals surface area contributed by atoms with E-state index in [2.05, 4.69) is 17.3 Å². The summed E-state index contributed by atoms with van der Waals surface area (Å²) in [5.74, 6) is 0. The summed E-state index contributed by atoms with van der Waals surface area (Å²) in [5, 5.41) is 3.36. The Kier molecular flexibility index (Phi) is 5.26. The normalized spacial score (nSPS) is 36.0. The Hall–Kier alpha value is -0.120. The fraction of sp³-hybridized carbons (Fsp3) is 1.00. The summed E-state index contributed by atoms with van der Waals surface area (Å²) in [4.78, 5) is 2.78. The molecule has 1 aliphatic carbocycles. The number of likely N-dealkylation sites (tertiary alicyclic amines) is 1. The van der Waals surface area contributed by atoms with E-state index in [1.807, 2.05) is 7.11 Å². The SMILES string of the molecule is CNCC1CCCCN1C1CCC(OC)CC1. The summed E-state index contributed by atoms with van der Waals surface area (Å²) in [6.45, 7) is 2.47. The van der Waals surface area contributed by atoms with Gasteiger partial charge in [-0.1, -0.05) is 6.42 Å². The summed E-state index contributed by atoms with van der Waals surface area (Å²) >= 11 is 0. The molecule has 2 aliphatic rings. The summed E-state index contributed by atoms with van der Waals surface area (Å²) in [7, 11) is 3.93. The first-order valence-corrected chi connectivity index (χ1v) is 7.28. The molecule has 0 bridgehead atoms. The van der Waals surface area contributed by atoms with Crippen LogP contribution in [0.5, 0.6) is 0 Å². The summed E-state index contributed by atoms with van der Waals surface area (Å²) in [5.41, 5.74) is 0. The Labute approximate surface area is 106 Å². The van der Waals surface area contributed by atoms with Gasteiger partial charge in [0.1, 0.15) is 0 Å². The highest BCUT2D eigenvalue weighted by atomic mass is 16.5. The van der Waals surface area contributed by atoms with Crippen molar-refractivity contribution in [2.24, 2.45) is 0 Å². The number of hydrogen-bond donors (Lipinski definition) is 1. The van der Waals surface area contributed by atoms with Gasteiger partial charge in [0.05, 0.1) is 6.10 Å². The molecule has 0 aromatic carbocycles. The Bertz CT molecular complexity index is 212. The molecule has 0 aromatic rings. The Morgan fingerprint density at radius 1 is 1.12 bits per heavy atom. The molecule has 2 rings (SSSR count). The minimum absolute atomic E-state index is 0.527. The van der Waals surface area contributed by atoms with Gasteiger partial charge in [0.15, 0.2) is 0 Å². The first-order chi connectivity index (χ1) is 8.35. The van der Waals surface area contributed by atoms with Crippen LogP contribution >= 0.6 is 0 Å². The predicted molar refractivity (Wildman–Crippen MR) is 71.3 cm³/mol. The molecule has 17 heavy (non-hydrogen) atoms. The van der Waals surface area contributed by atoms with Gasteiger partial charge in [-0.2, -0.15) is 0 Å². The number of methoxy groups -OCH3 is 1. The van der Waals surface area contributed by atoms with Crippen molar-refractivity contribution < 1.29 is 4.74 Å². The van der Waals surface area contributed by atoms with E-state index in [9.17, 15) is 0 Å². The molecule has 100 valence electrons. The number of likely N-dealkylation sites (N-methyl/N-ethyl adjacent to an activating group) is 1. The largest absolute Gasteiger partial charge is 0.381 e. The van der Waals surface area contributed by atoms with Crippen LogP contribution in [-0.4, -0.2) is 50.3 Å². The van der Waals surface area contributed by atoms with Crippen molar-refractivity contribution in [2.75, 3.05) is 27.2 Å². The average molecular weight is 240 g/mol. The lowest BCUT2D eigenvalue weighted by atomic mass is 9.88. The number of hydrogen-bond acceptors (Lipinski definition) is 3. The average Bonchev–Trinajstić information content (AvgIpc) is 2.40. The van der Waals surface area contributed by atoms with Crippen LogP contribution < -0.4 is 5.32 Å². The lowest BCUT2D eigenvalue weighted by molar-refractivity contribution is 0.0161. The lowest BCUT2D eigenvalue weighted by Crippen LogP contribution is -2.51. The molecule has 3 nitrogen and oxygen atoms in total. The quantitative estimate of drug-likeness (QED) is 0.813. The zero-order valence-corrected chi connectivity index (χ0v) is 11.5. The van der Waals surface area contributed by atoms with E-state index in [0.717, 1.165) is 18.6 Å². The highest BCUT2D eigenvalue weighted by Crippen LogP contribution is 2.29. The maximum atomic E-state index is 5.47. The molecule has 1 aliphatic heterocycles. The highest BCUT2D eigenvalue weighted by Gasteiger charge is 2.31. The van der Waals surface area contributed by atoms with E-state index in [1.54, 1.807) is 0 Å². The number of ether oxygens (including phenoxy) is 1. The second kappa shape index (κ2) is 6.72. The smallest absolute Gasteiger partial charge is 0.0572 e. The monoisotopic (exact) mass is 240 g/mol. The molecular formula is C14H28N2O. The maximum Gasteiger partial charge on any atom is 0.0572 e. The molecular weight excluding hydrogens is 212 g/mol. The topological polar surface area (TPSA) is 24.5 Å². The Balaban J connectivity index is 1.86. The van der Waals surface area contributed by atoms with Crippen LogP contribution in [0.4, 0.5) is 0 Å². The van der Waals surface area contributed by atoms with Gasteiger partial charge in [0, 0.05) is 25.7 Å². The zero-order valence-electron chi connectivity index (χ0n) is 11.5. The van der Waals surface area contributed by atoms with Crippen molar-refractivity contribution in [3.05, 3.63) is 0 Å². The van der Waals surface area contributed by atoms with Gasteiger partial charge in [-0.15, -0.1) is 0 Å². The van der Waals surface area contributed by atoms with Crippen molar-refractivity contribution in [3.8, 4) is 0 Å². The molecule has 0 spiro atoms. The second-order valence-electron chi connectivity index (χ2n) is 5.61. The number of rotatable bonds is 4. The van der Waals surface area contributed by atoms with Crippen LogP contribution in [0.25, 0.3) is 0 Å². The molecule has 1 unspecified atom stereocenters. The van der Waals surface area contributed by atoms with Crippen molar-refractivity contribution in [2.45, 2.75) is 63.1 Å². The molecule has 0 amide bonds. The van der Waals surface area contributed by atoms with Crippen molar-refractivity contribution >= 4 is 0 Å². The first-order valence-electron chi connectivity index (χ1n) is 7.28. The molecule has 1 atom stereocenters.